The molecule has 16 rings (SSSR count). The average Bonchev–Trinajstić information content (AvgIpc) is 0.750. The summed E-state index contributed by atoms with van der Waals surface area (Å²) >= 11 is 29.9. The maximum Gasteiger partial charge on any atom is 4.00 e. The molecule has 21 heteroatoms. The quantitative estimate of drug-likeness (QED) is 0.111. The van der Waals surface area contributed by atoms with Gasteiger partial charge in [-0.15, -0.1) is 0 Å². The van der Waals surface area contributed by atoms with Crippen molar-refractivity contribution in [2.24, 2.45) is 0 Å². The van der Waals surface area contributed by atoms with Crippen molar-refractivity contribution < 1.29 is 59.2 Å². The summed E-state index contributed by atoms with van der Waals surface area (Å²) in [7, 11) is -8.39. The van der Waals surface area contributed by atoms with Gasteiger partial charge in [-0.3, -0.25) is 0 Å². The summed E-state index contributed by atoms with van der Waals surface area (Å²) in [4.78, 5) is 0. The van der Waals surface area contributed by atoms with Crippen molar-refractivity contribution in [2.75, 3.05) is 0 Å². The smallest absolute Gasteiger partial charge is 0.871 e. The van der Waals surface area contributed by atoms with E-state index in [0.29, 0.717) is 17.9 Å². The number of hydrogen-bond acceptors (Lipinski definition) is 8. The van der Waals surface area contributed by atoms with Gasteiger partial charge in [0.05, 0.1) is 17.9 Å². The van der Waals surface area contributed by atoms with Crippen LogP contribution < -0.4 is 38.1 Å². The third kappa shape index (κ3) is 21.3. The van der Waals surface area contributed by atoms with E-state index in [0.717, 1.165) is 214 Å². The molecule has 8 aliphatic rings. The van der Waals surface area contributed by atoms with Gasteiger partial charge >= 0.3 is 21.1 Å². The molecule has 8 nitrogen and oxygen atoms in total. The van der Waals surface area contributed by atoms with Gasteiger partial charge in [-0.25, -0.2) is 0 Å². The van der Waals surface area contributed by atoms with Gasteiger partial charge in [0.2, 0.25) is 0 Å². The fourth-order valence-corrected chi connectivity index (χ4v) is 27.8. The fourth-order valence-electron chi connectivity index (χ4n) is 18.9. The molecular weight excluding hydrogens is 2310 g/mol. The summed E-state index contributed by atoms with van der Waals surface area (Å²) in [5.74, 6) is 4.06. The van der Waals surface area contributed by atoms with E-state index < -0.39 is 33.3 Å². The van der Waals surface area contributed by atoms with Crippen LogP contribution in [0.25, 0.3) is 44.5 Å². The van der Waals surface area contributed by atoms with E-state index in [1.54, 1.807) is 0 Å². The predicted molar refractivity (Wildman–Crippen MR) is 551 cm³/mol. The van der Waals surface area contributed by atoms with Crippen LogP contribution in [-0.2, 0) is 124 Å². The third-order valence-electron chi connectivity index (χ3n) is 30.1. The molecule has 0 radical (unpaired) electrons. The summed E-state index contributed by atoms with van der Waals surface area (Å²) in [6.07, 6.45) is 35.4. The molecule has 0 bridgehead atoms. The Morgan fingerprint density at radius 3 is 0.464 bits per heavy atom. The average molecular weight is 2450 g/mol. The number of rotatable bonds is 12. The van der Waals surface area contributed by atoms with E-state index in [1.807, 2.05) is 0 Å². The van der Waals surface area contributed by atoms with Crippen molar-refractivity contribution in [3.05, 3.63) is 173 Å². The van der Waals surface area contributed by atoms with Gasteiger partial charge in [0.1, 0.15) is 23.0 Å². The molecule has 8 aliphatic carbocycles. The van der Waals surface area contributed by atoms with Crippen LogP contribution in [0.4, 0.5) is 0 Å². The molecule has 0 aliphatic heterocycles. The molecule has 0 N–H and O–H groups in total. The van der Waals surface area contributed by atoms with Crippen LogP contribution in [0.5, 0.6) is 46.0 Å². The first-order valence-corrected chi connectivity index (χ1v) is 64.2. The molecule has 0 amide bonds. The van der Waals surface area contributed by atoms with Gasteiger partial charge < -0.3 is 38.1 Å². The molecule has 8 aromatic carbocycles. The minimum atomic E-state index is -2.10. The van der Waals surface area contributed by atoms with Crippen molar-refractivity contribution in [1.82, 2.24) is 0 Å². The SMILES string of the molecule is CC(C)(C)[Si](C)(C)Oc1c(Br)cc2c(c1-c1c([O-])c(Br)cc3c1CCCC3)CCCC2.CC(C)(C)[Si](C)(C)Oc1c(Br)cc2c(c1-c1c([O-])c(Br)cc3c1CCCC3)CCCC2.CC(C)(C)[Si](C)(C)Oc1c(Br)cc2c(c1-c1c([O-])c(Br)cc3c1CCCC3)CCCC2.CC(C)(C)[Si](C)(C)Oc1c(Br)cc2c(c1-c1c([O-])c(Br)cc3c1CCCC3)CCCC2.[W+4]. The second-order valence-electron chi connectivity index (χ2n) is 42.7. The van der Waals surface area contributed by atoms with Crippen LogP contribution in [0.1, 0.15) is 275 Å². The van der Waals surface area contributed by atoms with Crippen LogP contribution in [0, 0.1) is 0 Å². The number of hydrogen-bond donors (Lipinski definition) is 0. The Bertz CT molecular complexity index is 4750. The Morgan fingerprint density at radius 1 is 0.208 bits per heavy atom. The predicted octanol–water partition coefficient (Wildman–Crippen LogP) is 32.4. The van der Waals surface area contributed by atoms with Crippen LogP contribution in [0.15, 0.2) is 84.3 Å². The first-order chi connectivity index (χ1) is 58.0. The van der Waals surface area contributed by atoms with Crippen LogP contribution in [0.2, 0.25) is 72.5 Å². The number of halogens is 8. The molecule has 0 unspecified atom stereocenters. The molecule has 0 fully saturated rings. The zero-order valence-corrected chi connectivity index (χ0v) is 97.6. The third-order valence-corrected chi connectivity index (χ3v) is 52.1. The van der Waals surface area contributed by atoms with E-state index in [-0.39, 0.29) is 64.2 Å². The van der Waals surface area contributed by atoms with Crippen LogP contribution >= 0.6 is 127 Å². The van der Waals surface area contributed by atoms with Crippen LogP contribution in [-0.4, -0.2) is 33.3 Å². The Hall–Kier alpha value is -2.44. The van der Waals surface area contributed by atoms with Crippen molar-refractivity contribution >= 4 is 161 Å². The first-order valence-electron chi connectivity index (χ1n) is 46.2. The fraction of sp³-hybridized carbons (Fsp3) is 0.538. The van der Waals surface area contributed by atoms with E-state index in [4.69, 9.17) is 17.7 Å². The molecule has 674 valence electrons. The van der Waals surface area contributed by atoms with Gasteiger partial charge in [-0.2, -0.15) is 0 Å². The van der Waals surface area contributed by atoms with Crippen molar-refractivity contribution in [1.29, 1.82) is 0 Å². The van der Waals surface area contributed by atoms with Gasteiger partial charge in [0, 0.05) is 40.1 Å². The largest absolute Gasteiger partial charge is 4.00 e. The minimum Gasteiger partial charge on any atom is -0.871 e. The summed E-state index contributed by atoms with van der Waals surface area (Å²) in [5, 5.41) is 54.9. The molecule has 8 aromatic rings. The molecule has 125 heavy (non-hydrogen) atoms. The Labute approximate surface area is 835 Å². The first kappa shape index (κ1) is 102. The van der Waals surface area contributed by atoms with E-state index in [1.165, 1.54) is 166 Å². The number of benzene rings is 8. The van der Waals surface area contributed by atoms with Gasteiger partial charge in [0.25, 0.3) is 33.3 Å². The maximum atomic E-state index is 13.6. The molecule has 0 saturated carbocycles. The van der Waals surface area contributed by atoms with Crippen LogP contribution in [0.3, 0.4) is 0 Å². The van der Waals surface area contributed by atoms with E-state index >= 15 is 0 Å². The molecule has 0 aromatic heterocycles. The van der Waals surface area contributed by atoms with Gasteiger partial charge in [-0.1, -0.05) is 170 Å². The standard InChI is InChI=1S/4C26H34Br2O2Si.W/c4*1-26(2,3)31(4,5)30-25-21(28)15-17-11-7-9-13-19(17)23(25)22-18-12-8-6-10-16(18)14-20(27)24(22)29;/h4*14-15,29H,6-13H2,1-5H3;/q;;;;+4/p-4. The van der Waals surface area contributed by atoms with Crippen molar-refractivity contribution in [3.8, 4) is 90.5 Å². The van der Waals surface area contributed by atoms with Crippen molar-refractivity contribution in [2.45, 2.75) is 361 Å². The van der Waals surface area contributed by atoms with Gasteiger partial charge in [-0.05, 0) is 502 Å². The zero-order valence-electron chi connectivity index (χ0n) is 77.9. The second-order valence-corrected chi connectivity index (χ2v) is 68.4. The maximum absolute atomic E-state index is 13.6. The molecule has 0 atom stereocenters. The number of aryl methyl sites for hydroxylation is 8. The minimum absolute atomic E-state index is 0. The zero-order chi connectivity index (χ0) is 90.2. The van der Waals surface area contributed by atoms with E-state index in [9.17, 15) is 20.4 Å². The Kier molecular flexibility index (Phi) is 32.7. The molecular formula is C104H132Br8O8Si4W. The Balaban J connectivity index is 0.000000151. The van der Waals surface area contributed by atoms with Crippen molar-refractivity contribution in [3.63, 3.8) is 0 Å². The molecule has 0 heterocycles. The summed E-state index contributed by atoms with van der Waals surface area (Å²) in [6.45, 7) is 45.5. The summed E-state index contributed by atoms with van der Waals surface area (Å²) in [6, 6.07) is 17.3. The van der Waals surface area contributed by atoms with E-state index in [2.05, 4.69) is 311 Å². The Morgan fingerprint density at radius 2 is 0.328 bits per heavy atom. The molecule has 0 saturated heterocycles. The summed E-state index contributed by atoms with van der Waals surface area (Å²) in [5.41, 5.74) is 29.1. The monoisotopic (exact) mass is 2440 g/mol. The normalized spacial score (nSPS) is 16.5. The van der Waals surface area contributed by atoms with Gasteiger partial charge in [0.15, 0.2) is 0 Å². The topological polar surface area (TPSA) is 129 Å². The summed E-state index contributed by atoms with van der Waals surface area (Å²) < 4.78 is 34.6. The number of fused-ring (bicyclic) bond motifs is 8. The second kappa shape index (κ2) is 40.2. The molecule has 0 spiro atoms.